The van der Waals surface area contributed by atoms with Crippen molar-refractivity contribution in [2.45, 2.75) is 18.2 Å². The number of nitrogens with one attached hydrogen (secondary N) is 1. The van der Waals surface area contributed by atoms with Gasteiger partial charge < -0.3 is 15.2 Å². The molecule has 1 amide bonds. The number of amides is 1. The van der Waals surface area contributed by atoms with Crippen LogP contribution >= 0.6 is 0 Å². The van der Waals surface area contributed by atoms with Crippen LogP contribution in [0.15, 0.2) is 53.4 Å². The van der Waals surface area contributed by atoms with Crippen LogP contribution < -0.4 is 10.1 Å². The van der Waals surface area contributed by atoms with Crippen LogP contribution in [0.25, 0.3) is 0 Å². The van der Waals surface area contributed by atoms with Gasteiger partial charge >= 0.3 is 5.97 Å². The molecule has 27 heavy (non-hydrogen) atoms. The molecule has 0 fully saturated rings. The van der Waals surface area contributed by atoms with Gasteiger partial charge in [0.05, 0.1) is 10.6 Å². The molecule has 2 aromatic carbocycles. The summed E-state index contributed by atoms with van der Waals surface area (Å²) in [5.74, 6) is -0.843. The van der Waals surface area contributed by atoms with Crippen LogP contribution in [0, 0.1) is 0 Å². The second-order valence-electron chi connectivity index (χ2n) is 5.76. The Morgan fingerprint density at radius 1 is 1.04 bits per heavy atom. The van der Waals surface area contributed by atoms with Gasteiger partial charge in [0.2, 0.25) is 0 Å². The van der Waals surface area contributed by atoms with Crippen molar-refractivity contribution in [1.29, 1.82) is 0 Å². The fourth-order valence-electron chi connectivity index (χ4n) is 2.30. The summed E-state index contributed by atoms with van der Waals surface area (Å²) in [6.45, 7) is 1.58. The third kappa shape index (κ3) is 6.10. The highest BCUT2D eigenvalue weighted by atomic mass is 32.2. The number of sulfone groups is 1. The van der Waals surface area contributed by atoms with Crippen molar-refractivity contribution in [2.75, 3.05) is 18.9 Å². The van der Waals surface area contributed by atoms with Gasteiger partial charge in [0.1, 0.15) is 5.75 Å². The molecule has 2 aromatic rings. The predicted octanol–water partition coefficient (Wildman–Crippen LogP) is 1.92. The van der Waals surface area contributed by atoms with E-state index in [0.717, 1.165) is 5.56 Å². The summed E-state index contributed by atoms with van der Waals surface area (Å²) in [5.41, 5.74) is 1.35. The van der Waals surface area contributed by atoms with E-state index >= 15 is 0 Å². The minimum atomic E-state index is -3.28. The van der Waals surface area contributed by atoms with E-state index in [9.17, 15) is 18.0 Å². The molecule has 8 heteroatoms. The number of carbonyl (C=O) groups excluding carboxylic acids is 1. The third-order valence-electron chi connectivity index (χ3n) is 3.84. The second-order valence-corrected chi connectivity index (χ2v) is 8.04. The first-order chi connectivity index (χ1) is 12.8. The van der Waals surface area contributed by atoms with Gasteiger partial charge in [-0.25, -0.2) is 13.2 Å². The maximum absolute atomic E-state index is 12.1. The van der Waals surface area contributed by atoms with E-state index in [4.69, 9.17) is 9.84 Å². The molecule has 0 unspecified atom stereocenters. The first-order valence-corrected chi connectivity index (χ1v) is 10.0. The van der Waals surface area contributed by atoms with Crippen molar-refractivity contribution < 1.29 is 27.9 Å². The molecule has 0 aliphatic heterocycles. The van der Waals surface area contributed by atoms with Gasteiger partial charge in [-0.1, -0.05) is 19.1 Å². The lowest BCUT2D eigenvalue weighted by atomic mass is 10.1. The number of rotatable bonds is 9. The van der Waals surface area contributed by atoms with Crippen molar-refractivity contribution in [3.05, 3.63) is 59.7 Å². The molecule has 0 aliphatic carbocycles. The minimum Gasteiger partial charge on any atom is -0.482 e. The van der Waals surface area contributed by atoms with Crippen LogP contribution in [0.1, 0.15) is 22.8 Å². The third-order valence-corrected chi connectivity index (χ3v) is 5.59. The number of benzene rings is 2. The second kappa shape index (κ2) is 9.18. The first-order valence-electron chi connectivity index (χ1n) is 8.36. The molecule has 0 atom stereocenters. The molecular formula is C19H21NO6S. The molecule has 0 heterocycles. The summed E-state index contributed by atoms with van der Waals surface area (Å²) in [7, 11) is -3.28. The Bertz CT molecular complexity index is 889. The lowest BCUT2D eigenvalue weighted by molar-refractivity contribution is -0.139. The molecule has 144 valence electrons. The fourth-order valence-corrected chi connectivity index (χ4v) is 3.18. The van der Waals surface area contributed by atoms with Gasteiger partial charge in [-0.3, -0.25) is 4.79 Å². The van der Waals surface area contributed by atoms with E-state index in [1.54, 1.807) is 31.2 Å². The van der Waals surface area contributed by atoms with E-state index in [1.807, 2.05) is 0 Å². The highest BCUT2D eigenvalue weighted by Gasteiger charge is 2.12. The summed E-state index contributed by atoms with van der Waals surface area (Å²) in [5, 5.41) is 11.3. The fraction of sp³-hybridized carbons (Fsp3) is 0.263. The smallest absolute Gasteiger partial charge is 0.341 e. The van der Waals surface area contributed by atoms with E-state index in [1.165, 1.54) is 24.3 Å². The highest BCUT2D eigenvalue weighted by molar-refractivity contribution is 7.91. The zero-order valence-corrected chi connectivity index (χ0v) is 15.7. The number of carboxylic acids is 1. The zero-order chi connectivity index (χ0) is 19.9. The Kier molecular flexibility index (Phi) is 6.95. The van der Waals surface area contributed by atoms with Crippen molar-refractivity contribution in [1.82, 2.24) is 5.32 Å². The number of ether oxygens (including phenoxy) is 1. The predicted molar refractivity (Wildman–Crippen MR) is 99.8 cm³/mol. The molecule has 0 spiro atoms. The highest BCUT2D eigenvalue weighted by Crippen LogP contribution is 2.13. The van der Waals surface area contributed by atoms with Gasteiger partial charge in [0.15, 0.2) is 16.4 Å². The van der Waals surface area contributed by atoms with Crippen LogP contribution in [0.4, 0.5) is 0 Å². The van der Waals surface area contributed by atoms with Crippen LogP contribution in [0.3, 0.4) is 0 Å². The Balaban J connectivity index is 1.84. The molecule has 7 nitrogen and oxygen atoms in total. The molecule has 0 bridgehead atoms. The lowest BCUT2D eigenvalue weighted by Gasteiger charge is -2.08. The van der Waals surface area contributed by atoms with Crippen LogP contribution in [0.5, 0.6) is 5.75 Å². The van der Waals surface area contributed by atoms with Gasteiger partial charge in [-0.2, -0.15) is 0 Å². The minimum absolute atomic E-state index is 0.0126. The van der Waals surface area contributed by atoms with Gasteiger partial charge in [-0.05, 0) is 48.4 Å². The molecule has 0 aliphatic rings. The molecule has 2 N–H and O–H groups in total. The average Bonchev–Trinajstić information content (AvgIpc) is 2.67. The molecule has 0 saturated heterocycles. The van der Waals surface area contributed by atoms with Crippen molar-refractivity contribution in [3.8, 4) is 5.75 Å². The zero-order valence-electron chi connectivity index (χ0n) is 14.8. The monoisotopic (exact) mass is 391 g/mol. The van der Waals surface area contributed by atoms with Crippen molar-refractivity contribution >= 4 is 21.7 Å². The van der Waals surface area contributed by atoms with Crippen molar-refractivity contribution in [3.63, 3.8) is 0 Å². The summed E-state index contributed by atoms with van der Waals surface area (Å²) >= 11 is 0. The number of carboxylic acid groups (broad SMARTS) is 1. The lowest BCUT2D eigenvalue weighted by Crippen LogP contribution is -2.25. The topological polar surface area (TPSA) is 110 Å². The van der Waals surface area contributed by atoms with Gasteiger partial charge in [0.25, 0.3) is 5.91 Å². The van der Waals surface area contributed by atoms with Crippen LogP contribution in [-0.2, 0) is 21.1 Å². The quantitative estimate of drug-likeness (QED) is 0.676. The molecule has 2 rings (SSSR count). The Morgan fingerprint density at radius 2 is 1.67 bits per heavy atom. The molecule has 0 aromatic heterocycles. The van der Waals surface area contributed by atoms with E-state index in [2.05, 4.69) is 5.32 Å². The largest absolute Gasteiger partial charge is 0.482 e. The maximum Gasteiger partial charge on any atom is 0.341 e. The van der Waals surface area contributed by atoms with E-state index < -0.39 is 22.4 Å². The van der Waals surface area contributed by atoms with Gasteiger partial charge in [0, 0.05) is 12.1 Å². The molecule has 0 radical (unpaired) electrons. The number of hydrogen-bond donors (Lipinski definition) is 2. The Morgan fingerprint density at radius 3 is 2.22 bits per heavy atom. The van der Waals surface area contributed by atoms with E-state index in [-0.39, 0.29) is 16.6 Å². The number of aliphatic carboxylic acids is 1. The van der Waals surface area contributed by atoms with Crippen molar-refractivity contribution in [2.24, 2.45) is 0 Å². The normalized spacial score (nSPS) is 11.0. The average molecular weight is 391 g/mol. The summed E-state index contributed by atoms with van der Waals surface area (Å²) in [6.07, 6.45) is 0.591. The van der Waals surface area contributed by atoms with Gasteiger partial charge in [-0.15, -0.1) is 0 Å². The van der Waals surface area contributed by atoms with Crippen LogP contribution in [0.2, 0.25) is 0 Å². The SMILES string of the molecule is CCS(=O)(=O)c1ccc(C(=O)NCCc2ccc(OCC(=O)O)cc2)cc1. The molecule has 0 saturated carbocycles. The summed E-state index contributed by atoms with van der Waals surface area (Å²) in [4.78, 5) is 22.8. The number of hydrogen-bond acceptors (Lipinski definition) is 5. The van der Waals surface area contributed by atoms with Crippen LogP contribution in [-0.4, -0.2) is 44.3 Å². The Labute approximate surface area is 157 Å². The molecular weight excluding hydrogens is 370 g/mol. The summed E-state index contributed by atoms with van der Waals surface area (Å²) in [6, 6.07) is 12.8. The summed E-state index contributed by atoms with van der Waals surface area (Å²) < 4.78 is 28.6. The standard InChI is InChI=1S/C19H21NO6S/c1-2-27(24,25)17-9-5-15(6-10-17)19(23)20-12-11-14-3-7-16(8-4-14)26-13-18(21)22/h3-10H,2,11-13H2,1H3,(H,20,23)(H,21,22). The Hall–Kier alpha value is -2.87. The maximum atomic E-state index is 12.1. The first kappa shape index (κ1) is 20.4. The van der Waals surface area contributed by atoms with E-state index in [0.29, 0.717) is 24.3 Å². The number of carbonyl (C=O) groups is 2.